The lowest BCUT2D eigenvalue weighted by molar-refractivity contribution is -0.147. The van der Waals surface area contributed by atoms with Crippen LogP contribution in [0.1, 0.15) is 62.7 Å². The second-order valence-corrected chi connectivity index (χ2v) is 16.5. The lowest BCUT2D eigenvalue weighted by Gasteiger charge is -2.31. The average molecular weight is 787 g/mol. The molecule has 7 rings (SSSR count). The van der Waals surface area contributed by atoms with Crippen LogP contribution < -0.4 is 21.1 Å². The Hall–Kier alpha value is -5.41. The molecule has 0 bridgehead atoms. The maximum Gasteiger partial charge on any atom is 0.414 e. The summed E-state index contributed by atoms with van der Waals surface area (Å²) in [4.78, 5) is 62.8. The number of fused-ring (bicyclic) bond motifs is 5. The van der Waals surface area contributed by atoms with Crippen LogP contribution in [0, 0.1) is 23.5 Å². The number of anilines is 2. The van der Waals surface area contributed by atoms with Crippen LogP contribution in [0.25, 0.3) is 27.8 Å². The number of ether oxygens (including phenoxy) is 3. The molecule has 2 aliphatic heterocycles. The van der Waals surface area contributed by atoms with Gasteiger partial charge in [-0.05, 0) is 69.8 Å². The predicted molar refractivity (Wildman–Crippen MR) is 210 cm³/mol. The van der Waals surface area contributed by atoms with Crippen LogP contribution in [0.15, 0.2) is 47.5 Å². The number of hydrogen-bond donors (Lipinski definition) is 1. The number of hydrogen-bond acceptors (Lipinski definition) is 11. The van der Waals surface area contributed by atoms with E-state index in [-0.39, 0.29) is 48.4 Å². The van der Waals surface area contributed by atoms with Crippen molar-refractivity contribution in [3.63, 3.8) is 0 Å². The van der Waals surface area contributed by atoms with Crippen molar-refractivity contribution in [2.45, 2.75) is 65.1 Å². The Bertz CT molecular complexity index is 2340. The number of likely N-dealkylation sites (tertiary alicyclic amines) is 1. The fraction of sp³-hybridized carbons (Fsp3) is 0.452. The molecule has 15 heteroatoms. The summed E-state index contributed by atoms with van der Waals surface area (Å²) >= 11 is 0. The Morgan fingerprint density at radius 1 is 1.05 bits per heavy atom. The molecule has 0 spiro atoms. The van der Waals surface area contributed by atoms with Crippen LogP contribution in [0.4, 0.5) is 25.0 Å². The first kappa shape index (κ1) is 39.8. The number of rotatable bonds is 9. The first-order valence-corrected chi connectivity index (χ1v) is 19.1. The van der Waals surface area contributed by atoms with E-state index in [0.29, 0.717) is 51.6 Å². The minimum atomic E-state index is -1.11. The van der Waals surface area contributed by atoms with Crippen LogP contribution in [-0.4, -0.2) is 96.9 Å². The van der Waals surface area contributed by atoms with Gasteiger partial charge < -0.3 is 29.7 Å². The third-order valence-corrected chi connectivity index (χ3v) is 11.0. The number of carbonyl (C=O) groups excluding carboxylic acids is 3. The summed E-state index contributed by atoms with van der Waals surface area (Å²) in [5.41, 5.74) is 8.03. The number of pyridine rings is 3. The quantitative estimate of drug-likeness (QED) is 0.116. The summed E-state index contributed by atoms with van der Waals surface area (Å²) in [5, 5.41) is 0. The summed E-state index contributed by atoms with van der Waals surface area (Å²) in [5.74, 6) is -3.44. The molecule has 13 nitrogen and oxygen atoms in total. The second kappa shape index (κ2) is 15.2. The van der Waals surface area contributed by atoms with E-state index in [9.17, 15) is 19.2 Å². The van der Waals surface area contributed by atoms with Gasteiger partial charge in [-0.25, -0.2) is 18.4 Å². The molecule has 0 saturated carbocycles. The molecule has 302 valence electrons. The van der Waals surface area contributed by atoms with Crippen molar-refractivity contribution >= 4 is 34.9 Å². The third kappa shape index (κ3) is 7.45. The summed E-state index contributed by atoms with van der Waals surface area (Å²) < 4.78 is 49.4. The summed E-state index contributed by atoms with van der Waals surface area (Å²) in [6.45, 7) is 10.6. The number of nitrogens with two attached hydrogens (primary N) is 1. The smallest absolute Gasteiger partial charge is 0.414 e. The molecule has 1 aliphatic carbocycles. The Morgan fingerprint density at radius 2 is 1.77 bits per heavy atom. The topological polar surface area (TPSA) is 149 Å². The highest BCUT2D eigenvalue weighted by Gasteiger charge is 2.44. The summed E-state index contributed by atoms with van der Waals surface area (Å²) in [7, 11) is 3.53. The van der Waals surface area contributed by atoms with Gasteiger partial charge in [-0.2, -0.15) is 0 Å². The zero-order valence-electron chi connectivity index (χ0n) is 33.2. The standard InChI is InChI=1S/C42H48F2N6O7/c1-22(2)36(45)40(53)56-15-14-55-39(52)26-11-10-25-9-8-23(20-50(25)38(26)51)28-18-46-30-16-27-31(48(7)41(54)57-42(3,4)5)17-29(43)35(44)33(27)34(30)37(28)49-13-12-24-19-47(6)21-32(24)49/h8-11,17-18,20,22,24,32,36H,12-16,19,21,45H2,1-7H3/t24-,32+,36-/m0/s1. The van der Waals surface area contributed by atoms with E-state index in [4.69, 9.17) is 24.9 Å². The van der Waals surface area contributed by atoms with Gasteiger partial charge in [0.25, 0.3) is 5.56 Å². The summed E-state index contributed by atoms with van der Waals surface area (Å²) in [6.07, 6.45) is 3.62. The first-order valence-electron chi connectivity index (χ1n) is 19.1. The van der Waals surface area contributed by atoms with Crippen molar-refractivity contribution in [1.29, 1.82) is 0 Å². The molecule has 3 aromatic heterocycles. The van der Waals surface area contributed by atoms with E-state index in [2.05, 4.69) is 16.8 Å². The number of carbonyl (C=O) groups is 3. The minimum Gasteiger partial charge on any atom is -0.461 e. The molecule has 2 saturated heterocycles. The molecule has 57 heavy (non-hydrogen) atoms. The predicted octanol–water partition coefficient (Wildman–Crippen LogP) is 5.41. The molecule has 3 atom stereocenters. The Balaban J connectivity index is 1.30. The fourth-order valence-corrected chi connectivity index (χ4v) is 8.11. The molecule has 1 amide bonds. The van der Waals surface area contributed by atoms with Gasteiger partial charge in [-0.3, -0.25) is 23.9 Å². The zero-order chi connectivity index (χ0) is 41.1. The Kier molecular flexibility index (Phi) is 10.6. The number of nitrogens with zero attached hydrogens (tertiary/aromatic N) is 5. The molecular weight excluding hydrogens is 738 g/mol. The minimum absolute atomic E-state index is 0.0365. The van der Waals surface area contributed by atoms with Gasteiger partial charge in [0.15, 0.2) is 11.6 Å². The lowest BCUT2D eigenvalue weighted by Crippen LogP contribution is -2.37. The molecular formula is C42H48F2N6O7. The van der Waals surface area contributed by atoms with Crippen molar-refractivity contribution < 1.29 is 37.4 Å². The number of likely N-dealkylation sites (N-methyl/N-ethyl adjacent to an activating group) is 1. The number of aromatic nitrogens is 2. The van der Waals surface area contributed by atoms with Crippen LogP contribution in [-0.2, 0) is 25.4 Å². The van der Waals surface area contributed by atoms with Gasteiger partial charge in [-0.1, -0.05) is 19.9 Å². The maximum atomic E-state index is 16.3. The van der Waals surface area contributed by atoms with Gasteiger partial charge in [0, 0.05) is 85.4 Å². The Morgan fingerprint density at radius 3 is 2.49 bits per heavy atom. The van der Waals surface area contributed by atoms with E-state index >= 15 is 8.78 Å². The van der Waals surface area contributed by atoms with E-state index < -0.39 is 46.9 Å². The van der Waals surface area contributed by atoms with E-state index in [0.717, 1.165) is 25.6 Å². The maximum absolute atomic E-state index is 16.3. The van der Waals surface area contributed by atoms with Crippen LogP contribution in [0.3, 0.4) is 0 Å². The van der Waals surface area contributed by atoms with E-state index in [1.165, 1.54) is 22.4 Å². The number of amides is 1. The number of benzene rings is 1. The van der Waals surface area contributed by atoms with Crippen molar-refractivity contribution in [3.8, 4) is 22.3 Å². The van der Waals surface area contributed by atoms with Crippen LogP contribution >= 0.6 is 0 Å². The highest BCUT2D eigenvalue weighted by Crippen LogP contribution is 2.52. The van der Waals surface area contributed by atoms with Crippen molar-refractivity contribution in [1.82, 2.24) is 14.3 Å². The van der Waals surface area contributed by atoms with E-state index in [1.807, 2.05) is 6.07 Å². The highest BCUT2D eigenvalue weighted by atomic mass is 19.2. The number of halogens is 2. The third-order valence-electron chi connectivity index (χ3n) is 11.0. The molecule has 5 heterocycles. The van der Waals surface area contributed by atoms with Crippen molar-refractivity contribution in [3.05, 3.63) is 81.5 Å². The molecule has 3 aliphatic rings. The van der Waals surface area contributed by atoms with Gasteiger partial charge in [-0.15, -0.1) is 0 Å². The van der Waals surface area contributed by atoms with E-state index in [1.54, 1.807) is 59.1 Å². The molecule has 2 N–H and O–H groups in total. The molecule has 4 aromatic rings. The van der Waals surface area contributed by atoms with Gasteiger partial charge in [0.2, 0.25) is 0 Å². The van der Waals surface area contributed by atoms with Gasteiger partial charge in [0.1, 0.15) is 30.4 Å². The largest absolute Gasteiger partial charge is 0.461 e. The normalized spacial score (nSPS) is 18.1. The van der Waals surface area contributed by atoms with Crippen LogP contribution in [0.5, 0.6) is 0 Å². The molecule has 2 fully saturated rings. The Labute approximate surface area is 329 Å². The SMILES string of the molecule is CC(C)[C@H](N)C(=O)OCCOC(=O)c1ccc2ccc(-c3cnc4c(c3N3CC[C@H]5CN(C)C[C@H]53)-c3c(F)c(F)cc(N(C)C(=O)OC(C)(C)C)c3C4)cn2c1=O. The molecule has 0 radical (unpaired) electrons. The first-order chi connectivity index (χ1) is 26.9. The van der Waals surface area contributed by atoms with Crippen molar-refractivity contribution in [2.75, 3.05) is 56.7 Å². The summed E-state index contributed by atoms with van der Waals surface area (Å²) in [6, 6.07) is 6.84. The molecule has 0 unspecified atom stereocenters. The molecule has 1 aromatic carbocycles. The lowest BCUT2D eigenvalue weighted by atomic mass is 9.96. The van der Waals surface area contributed by atoms with Crippen molar-refractivity contribution in [2.24, 2.45) is 17.6 Å². The van der Waals surface area contributed by atoms with Gasteiger partial charge in [0.05, 0.1) is 17.1 Å². The van der Waals surface area contributed by atoms with Crippen LogP contribution in [0.2, 0.25) is 0 Å². The second-order valence-electron chi connectivity index (χ2n) is 16.5. The highest BCUT2D eigenvalue weighted by molar-refractivity contribution is 5.99. The van der Waals surface area contributed by atoms with Gasteiger partial charge >= 0.3 is 18.0 Å². The average Bonchev–Trinajstić information content (AvgIpc) is 3.85. The number of esters is 2. The fourth-order valence-electron chi connectivity index (χ4n) is 8.11. The zero-order valence-corrected chi connectivity index (χ0v) is 33.2. The monoisotopic (exact) mass is 786 g/mol.